The summed E-state index contributed by atoms with van der Waals surface area (Å²) in [5.41, 5.74) is 0.626. The van der Waals surface area contributed by atoms with Crippen LogP contribution in [0.15, 0.2) is 72.0 Å². The Hall–Kier alpha value is -3.61. The van der Waals surface area contributed by atoms with Crippen LogP contribution in [0.25, 0.3) is 0 Å². The molecule has 2 atom stereocenters. The number of nitrogens with one attached hydrogen (secondary N) is 1. The molecule has 0 aliphatic carbocycles. The van der Waals surface area contributed by atoms with Gasteiger partial charge in [0.25, 0.3) is 0 Å². The summed E-state index contributed by atoms with van der Waals surface area (Å²) in [6.45, 7) is 5.14. The Morgan fingerprint density at radius 2 is 1.61 bits per heavy atom. The number of ether oxygens (including phenoxy) is 2. The molecule has 0 spiro atoms. The molecular formula is C26H29NO6. The molecule has 0 bridgehead atoms. The van der Waals surface area contributed by atoms with E-state index in [1.54, 1.807) is 20.8 Å². The number of amides is 1. The predicted molar refractivity (Wildman–Crippen MR) is 123 cm³/mol. The number of aliphatic hydroxyl groups is 1. The van der Waals surface area contributed by atoms with Crippen LogP contribution in [-0.2, 0) is 31.9 Å². The van der Waals surface area contributed by atoms with Gasteiger partial charge in [-0.05, 0) is 44.7 Å². The van der Waals surface area contributed by atoms with E-state index in [1.807, 2.05) is 60.7 Å². The van der Waals surface area contributed by atoms with E-state index in [9.17, 15) is 19.5 Å². The number of ketones is 1. The van der Waals surface area contributed by atoms with Gasteiger partial charge in [-0.3, -0.25) is 4.79 Å². The van der Waals surface area contributed by atoms with Gasteiger partial charge in [0.2, 0.25) is 5.78 Å². The highest BCUT2D eigenvalue weighted by Crippen LogP contribution is 2.25. The lowest BCUT2D eigenvalue weighted by Crippen LogP contribution is -2.42. The lowest BCUT2D eigenvalue weighted by atomic mass is 9.97. The van der Waals surface area contributed by atoms with Crippen LogP contribution in [0.4, 0.5) is 4.79 Å². The number of hydrogen-bond acceptors (Lipinski definition) is 6. The molecule has 174 valence electrons. The maximum Gasteiger partial charge on any atom is 0.408 e. The third-order valence-electron chi connectivity index (χ3n) is 5.09. The van der Waals surface area contributed by atoms with Crippen LogP contribution in [0.1, 0.15) is 38.3 Å². The highest BCUT2D eigenvalue weighted by molar-refractivity contribution is 6.23. The van der Waals surface area contributed by atoms with Gasteiger partial charge in [0, 0.05) is 6.42 Å². The number of benzene rings is 2. The van der Waals surface area contributed by atoms with Crippen LogP contribution >= 0.6 is 0 Å². The number of aliphatic hydroxyl groups excluding tert-OH is 1. The van der Waals surface area contributed by atoms with E-state index in [4.69, 9.17) is 9.47 Å². The molecule has 0 radical (unpaired) electrons. The quantitative estimate of drug-likeness (QED) is 0.285. The molecule has 2 aromatic rings. The maximum absolute atomic E-state index is 12.9. The molecule has 3 rings (SSSR count). The molecule has 7 nitrogen and oxygen atoms in total. The first-order valence-corrected chi connectivity index (χ1v) is 10.9. The van der Waals surface area contributed by atoms with Crippen molar-refractivity contribution in [2.75, 3.05) is 0 Å². The SMILES string of the molecule is CC(C)(C)OC(=O)N[C@H](Cc1ccccc1)C(O)=C1C(=O)O[C@@H](CCc2ccccc2)C1=O. The molecule has 0 saturated carbocycles. The lowest BCUT2D eigenvalue weighted by molar-refractivity contribution is -0.141. The molecule has 1 aliphatic rings. The van der Waals surface area contributed by atoms with Crippen molar-refractivity contribution < 1.29 is 29.0 Å². The van der Waals surface area contributed by atoms with Crippen LogP contribution in [0.2, 0.25) is 0 Å². The minimum atomic E-state index is -1.04. The van der Waals surface area contributed by atoms with Gasteiger partial charge in [0.05, 0.1) is 6.04 Å². The zero-order valence-corrected chi connectivity index (χ0v) is 19.0. The van der Waals surface area contributed by atoms with Crippen LogP contribution in [0.5, 0.6) is 0 Å². The molecule has 1 fully saturated rings. The van der Waals surface area contributed by atoms with Crippen LogP contribution in [0, 0.1) is 0 Å². The Bertz CT molecular complexity index is 1020. The largest absolute Gasteiger partial charge is 0.509 e. The first-order chi connectivity index (χ1) is 15.6. The van der Waals surface area contributed by atoms with Crippen molar-refractivity contribution >= 4 is 17.8 Å². The molecule has 0 aromatic heterocycles. The Labute approximate surface area is 193 Å². The maximum atomic E-state index is 12.9. The summed E-state index contributed by atoms with van der Waals surface area (Å²) in [5, 5.41) is 13.5. The van der Waals surface area contributed by atoms with Gasteiger partial charge in [-0.1, -0.05) is 60.7 Å². The van der Waals surface area contributed by atoms with Gasteiger partial charge in [-0.15, -0.1) is 0 Å². The van der Waals surface area contributed by atoms with Gasteiger partial charge in [-0.25, -0.2) is 9.59 Å². The number of rotatable bonds is 7. The molecule has 0 unspecified atom stereocenters. The molecule has 2 N–H and O–H groups in total. The molecule has 1 aliphatic heterocycles. The number of alkyl carbamates (subject to hydrolysis) is 1. The van der Waals surface area contributed by atoms with E-state index < -0.39 is 46.9 Å². The first kappa shape index (κ1) is 24.0. The van der Waals surface area contributed by atoms with Crippen molar-refractivity contribution in [3.05, 3.63) is 83.1 Å². The highest BCUT2D eigenvalue weighted by atomic mass is 16.6. The smallest absolute Gasteiger partial charge is 0.408 e. The summed E-state index contributed by atoms with van der Waals surface area (Å²) < 4.78 is 10.6. The van der Waals surface area contributed by atoms with Gasteiger partial charge in [-0.2, -0.15) is 0 Å². The van der Waals surface area contributed by atoms with Gasteiger partial charge >= 0.3 is 12.1 Å². The molecule has 33 heavy (non-hydrogen) atoms. The molecule has 1 amide bonds. The van der Waals surface area contributed by atoms with Gasteiger partial charge in [0.15, 0.2) is 6.10 Å². The van der Waals surface area contributed by atoms with Crippen molar-refractivity contribution in [3.8, 4) is 0 Å². The van der Waals surface area contributed by atoms with Crippen molar-refractivity contribution in [2.45, 2.75) is 57.8 Å². The second-order valence-corrected chi connectivity index (χ2v) is 8.93. The Morgan fingerprint density at radius 1 is 1.03 bits per heavy atom. The molecule has 1 saturated heterocycles. The van der Waals surface area contributed by atoms with Crippen LogP contribution < -0.4 is 5.32 Å². The topological polar surface area (TPSA) is 102 Å². The second-order valence-electron chi connectivity index (χ2n) is 8.93. The first-order valence-electron chi connectivity index (χ1n) is 10.9. The minimum Gasteiger partial charge on any atom is -0.509 e. The van der Waals surface area contributed by atoms with Crippen molar-refractivity contribution in [3.63, 3.8) is 0 Å². The fourth-order valence-corrected chi connectivity index (χ4v) is 3.56. The number of Topliss-reactive ketones (excluding diaryl/α,β-unsaturated/α-hetero) is 1. The lowest BCUT2D eigenvalue weighted by Gasteiger charge is -2.24. The van der Waals surface area contributed by atoms with E-state index in [-0.39, 0.29) is 6.42 Å². The number of carbonyl (C=O) groups is 3. The number of carbonyl (C=O) groups excluding carboxylic acids is 3. The monoisotopic (exact) mass is 451 g/mol. The Balaban J connectivity index is 1.81. The average Bonchev–Trinajstić information content (AvgIpc) is 3.04. The zero-order chi connectivity index (χ0) is 24.0. The van der Waals surface area contributed by atoms with Crippen LogP contribution in [0.3, 0.4) is 0 Å². The van der Waals surface area contributed by atoms with E-state index in [0.717, 1.165) is 11.1 Å². The Morgan fingerprint density at radius 3 is 2.18 bits per heavy atom. The Kier molecular flexibility index (Phi) is 7.53. The zero-order valence-electron chi connectivity index (χ0n) is 19.0. The average molecular weight is 452 g/mol. The highest BCUT2D eigenvalue weighted by Gasteiger charge is 2.42. The van der Waals surface area contributed by atoms with Gasteiger partial charge in [0.1, 0.15) is 16.9 Å². The van der Waals surface area contributed by atoms with E-state index in [2.05, 4.69) is 5.32 Å². The fraction of sp³-hybridized carbons (Fsp3) is 0.346. The van der Waals surface area contributed by atoms with Crippen molar-refractivity contribution in [1.29, 1.82) is 0 Å². The third kappa shape index (κ3) is 6.68. The number of esters is 1. The summed E-state index contributed by atoms with van der Waals surface area (Å²) >= 11 is 0. The van der Waals surface area contributed by atoms with E-state index in [1.165, 1.54) is 0 Å². The fourth-order valence-electron chi connectivity index (χ4n) is 3.56. The molecule has 7 heteroatoms. The van der Waals surface area contributed by atoms with Crippen molar-refractivity contribution in [1.82, 2.24) is 5.32 Å². The predicted octanol–water partition coefficient (Wildman–Crippen LogP) is 4.06. The standard InChI is InChI=1S/C26H29NO6/c1-26(2,3)33-25(31)27-19(16-18-12-8-5-9-13-18)22(28)21-23(29)20(32-24(21)30)15-14-17-10-6-4-7-11-17/h4-13,19-20,28H,14-16H2,1-3H3,(H,27,31)/t19-,20+/m1/s1. The minimum absolute atomic E-state index is 0.157. The number of hydrogen-bond donors (Lipinski definition) is 2. The molecule has 2 aromatic carbocycles. The summed E-state index contributed by atoms with van der Waals surface area (Å²) in [6, 6.07) is 17.6. The van der Waals surface area contributed by atoms with Crippen LogP contribution in [-0.4, -0.2) is 40.7 Å². The summed E-state index contributed by atoms with van der Waals surface area (Å²) in [5.74, 6) is -2.00. The second kappa shape index (κ2) is 10.3. The van der Waals surface area contributed by atoms with E-state index in [0.29, 0.717) is 12.8 Å². The third-order valence-corrected chi connectivity index (χ3v) is 5.09. The van der Waals surface area contributed by atoms with Crippen molar-refractivity contribution in [2.24, 2.45) is 0 Å². The number of cyclic esters (lactones) is 1. The number of aryl methyl sites for hydroxylation is 1. The summed E-state index contributed by atoms with van der Waals surface area (Å²) in [4.78, 5) is 37.9. The molecular weight excluding hydrogens is 422 g/mol. The summed E-state index contributed by atoms with van der Waals surface area (Å²) in [7, 11) is 0. The molecule has 1 heterocycles. The normalized spacial score (nSPS) is 18.5. The van der Waals surface area contributed by atoms with Gasteiger partial charge < -0.3 is 19.9 Å². The van der Waals surface area contributed by atoms with E-state index >= 15 is 0 Å². The summed E-state index contributed by atoms with van der Waals surface area (Å²) in [6.07, 6.45) is -0.745.